The Labute approximate surface area is 197 Å². The maximum absolute atomic E-state index is 13.3. The fourth-order valence-corrected chi connectivity index (χ4v) is 6.32. The Morgan fingerprint density at radius 2 is 2.03 bits per heavy atom. The zero-order chi connectivity index (χ0) is 23.4. The van der Waals surface area contributed by atoms with E-state index in [0.717, 1.165) is 42.7 Å². The van der Waals surface area contributed by atoms with Gasteiger partial charge in [-0.05, 0) is 55.3 Å². The van der Waals surface area contributed by atoms with E-state index >= 15 is 0 Å². The number of aromatic nitrogens is 1. The van der Waals surface area contributed by atoms with Crippen LogP contribution in [0.1, 0.15) is 62.9 Å². The number of benzene rings is 1. The zero-order valence-electron chi connectivity index (χ0n) is 19.2. The Bertz CT molecular complexity index is 1090. The van der Waals surface area contributed by atoms with Crippen molar-refractivity contribution in [1.29, 1.82) is 0 Å². The molecule has 0 unspecified atom stereocenters. The number of amides is 2. The van der Waals surface area contributed by atoms with Gasteiger partial charge >= 0.3 is 0 Å². The van der Waals surface area contributed by atoms with Gasteiger partial charge in [0.05, 0.1) is 17.5 Å². The first-order chi connectivity index (χ1) is 15.7. The van der Waals surface area contributed by atoms with Crippen molar-refractivity contribution in [2.45, 2.75) is 64.0 Å². The van der Waals surface area contributed by atoms with Gasteiger partial charge in [-0.15, -0.1) is 11.3 Å². The average molecular weight is 471 g/mol. The van der Waals surface area contributed by atoms with E-state index in [2.05, 4.69) is 36.0 Å². The quantitative estimate of drug-likeness (QED) is 0.668. The number of likely N-dealkylation sites (tertiary alicyclic amines) is 1. The summed E-state index contributed by atoms with van der Waals surface area (Å²) in [5, 5.41) is 3.62. The normalized spacial score (nSPS) is 22.2. The highest BCUT2D eigenvalue weighted by molar-refractivity contribution is 7.15. The Morgan fingerprint density at radius 1 is 1.27 bits per heavy atom. The SMILES string of the molecule is CC(C)(C)[C@@H](c1cnc(NC(=O)C2(c3ccc4c(c3)OCO4)CC2)s1)N1CCC[C@H]1C(N)=O. The van der Waals surface area contributed by atoms with E-state index in [1.807, 2.05) is 24.4 Å². The van der Waals surface area contributed by atoms with Crippen molar-refractivity contribution < 1.29 is 19.1 Å². The molecular weight excluding hydrogens is 440 g/mol. The average Bonchev–Trinajstić information content (AvgIpc) is 3.10. The van der Waals surface area contributed by atoms with Crippen LogP contribution in [0.15, 0.2) is 24.4 Å². The lowest BCUT2D eigenvalue weighted by Gasteiger charge is -2.39. The van der Waals surface area contributed by atoms with Crippen LogP contribution in [-0.2, 0) is 15.0 Å². The number of rotatable bonds is 6. The lowest BCUT2D eigenvalue weighted by atomic mass is 9.84. The van der Waals surface area contributed by atoms with Crippen LogP contribution in [0.2, 0.25) is 0 Å². The van der Waals surface area contributed by atoms with E-state index in [0.29, 0.717) is 16.6 Å². The van der Waals surface area contributed by atoms with Crippen molar-refractivity contribution in [2.24, 2.45) is 11.1 Å². The minimum atomic E-state index is -0.553. The summed E-state index contributed by atoms with van der Waals surface area (Å²) in [4.78, 5) is 33.1. The highest BCUT2D eigenvalue weighted by Crippen LogP contribution is 2.51. The highest BCUT2D eigenvalue weighted by Gasteiger charge is 2.52. The second-order valence-electron chi connectivity index (χ2n) is 10.2. The number of thiazole rings is 1. The number of nitrogens with zero attached hydrogens (tertiary/aromatic N) is 2. The summed E-state index contributed by atoms with van der Waals surface area (Å²) in [5.74, 6) is 1.07. The molecule has 2 aromatic rings. The van der Waals surface area contributed by atoms with Crippen LogP contribution in [0.25, 0.3) is 0 Å². The second kappa shape index (κ2) is 7.99. The second-order valence-corrected chi connectivity index (χ2v) is 11.3. The lowest BCUT2D eigenvalue weighted by Crippen LogP contribution is -2.45. The predicted octanol–water partition coefficient (Wildman–Crippen LogP) is 3.58. The molecular formula is C24H30N4O4S. The first kappa shape index (κ1) is 22.2. The summed E-state index contributed by atoms with van der Waals surface area (Å²) < 4.78 is 10.9. The molecule has 3 heterocycles. The predicted molar refractivity (Wildman–Crippen MR) is 125 cm³/mol. The molecule has 3 N–H and O–H groups in total. The number of nitrogens with one attached hydrogen (secondary N) is 1. The van der Waals surface area contributed by atoms with Crippen molar-refractivity contribution in [1.82, 2.24) is 9.88 Å². The maximum Gasteiger partial charge on any atom is 0.236 e. The molecule has 8 nitrogen and oxygen atoms in total. The van der Waals surface area contributed by atoms with Crippen LogP contribution in [-0.4, -0.2) is 41.1 Å². The number of carbonyl (C=O) groups is 2. The van der Waals surface area contributed by atoms with Gasteiger partial charge in [-0.1, -0.05) is 26.8 Å². The number of anilines is 1. The van der Waals surface area contributed by atoms with Gasteiger partial charge in [0.1, 0.15) is 0 Å². The van der Waals surface area contributed by atoms with Crippen LogP contribution in [0.5, 0.6) is 11.5 Å². The van der Waals surface area contributed by atoms with Gasteiger partial charge in [-0.3, -0.25) is 14.5 Å². The molecule has 33 heavy (non-hydrogen) atoms. The molecule has 0 radical (unpaired) electrons. The molecule has 1 aromatic carbocycles. The molecule has 1 saturated heterocycles. The van der Waals surface area contributed by atoms with Gasteiger partial charge < -0.3 is 20.5 Å². The summed E-state index contributed by atoms with van der Waals surface area (Å²) >= 11 is 1.47. The van der Waals surface area contributed by atoms with E-state index < -0.39 is 5.41 Å². The van der Waals surface area contributed by atoms with E-state index in [1.54, 1.807) is 0 Å². The Morgan fingerprint density at radius 3 is 2.73 bits per heavy atom. The molecule has 5 rings (SSSR count). The molecule has 2 fully saturated rings. The molecule has 2 aliphatic heterocycles. The van der Waals surface area contributed by atoms with Crippen LogP contribution < -0.4 is 20.5 Å². The maximum atomic E-state index is 13.3. The standard InChI is InChI=1S/C24H30N4O4S/c1-23(2,3)19(28-10-4-5-15(28)20(25)29)18-12-26-22(33-18)27-21(30)24(8-9-24)14-6-7-16-17(11-14)32-13-31-16/h6-7,11-12,15,19H,4-5,8-10,13H2,1-3H3,(H2,25,29)(H,26,27,30)/t15-,19+/m0/s1. The van der Waals surface area contributed by atoms with Crippen molar-refractivity contribution in [3.8, 4) is 11.5 Å². The van der Waals surface area contributed by atoms with E-state index in [4.69, 9.17) is 15.2 Å². The minimum Gasteiger partial charge on any atom is -0.454 e. The number of ether oxygens (including phenoxy) is 2. The van der Waals surface area contributed by atoms with E-state index in [1.165, 1.54) is 11.3 Å². The smallest absolute Gasteiger partial charge is 0.236 e. The van der Waals surface area contributed by atoms with Crippen molar-refractivity contribution in [2.75, 3.05) is 18.7 Å². The third-order valence-electron chi connectivity index (χ3n) is 6.90. The van der Waals surface area contributed by atoms with Gasteiger partial charge in [0.2, 0.25) is 18.6 Å². The monoisotopic (exact) mass is 470 g/mol. The molecule has 0 bridgehead atoms. The van der Waals surface area contributed by atoms with Gasteiger partial charge in [0, 0.05) is 11.1 Å². The van der Waals surface area contributed by atoms with E-state index in [9.17, 15) is 9.59 Å². The van der Waals surface area contributed by atoms with Crippen molar-refractivity contribution in [3.05, 3.63) is 34.8 Å². The molecule has 2 amide bonds. The number of hydrogen-bond acceptors (Lipinski definition) is 7. The molecule has 1 saturated carbocycles. The summed E-state index contributed by atoms with van der Waals surface area (Å²) in [5.41, 5.74) is 5.95. The van der Waals surface area contributed by atoms with Gasteiger partial charge in [0.15, 0.2) is 16.6 Å². The Balaban J connectivity index is 1.36. The summed E-state index contributed by atoms with van der Waals surface area (Å²) in [6.07, 6.45) is 5.13. The Hall–Kier alpha value is -2.65. The molecule has 3 aliphatic rings. The molecule has 0 spiro atoms. The number of fused-ring (bicyclic) bond motifs is 1. The van der Waals surface area contributed by atoms with Gasteiger partial charge in [-0.2, -0.15) is 0 Å². The fourth-order valence-electron chi connectivity index (χ4n) is 5.14. The largest absolute Gasteiger partial charge is 0.454 e. The summed E-state index contributed by atoms with van der Waals surface area (Å²) in [6.45, 7) is 7.51. The topological polar surface area (TPSA) is 107 Å². The minimum absolute atomic E-state index is 0.00982. The summed E-state index contributed by atoms with van der Waals surface area (Å²) in [6, 6.07) is 5.45. The molecule has 1 aliphatic carbocycles. The number of nitrogens with two attached hydrogens (primary N) is 1. The number of carbonyl (C=O) groups excluding carboxylic acids is 2. The van der Waals surface area contributed by atoms with Crippen LogP contribution >= 0.6 is 11.3 Å². The molecule has 9 heteroatoms. The molecule has 2 atom stereocenters. The lowest BCUT2D eigenvalue weighted by molar-refractivity contribution is -0.123. The van der Waals surface area contributed by atoms with Gasteiger partial charge in [-0.25, -0.2) is 4.98 Å². The molecule has 176 valence electrons. The summed E-state index contributed by atoms with van der Waals surface area (Å²) in [7, 11) is 0. The van der Waals surface area contributed by atoms with Crippen LogP contribution in [0, 0.1) is 5.41 Å². The van der Waals surface area contributed by atoms with Gasteiger partial charge in [0.25, 0.3) is 0 Å². The highest BCUT2D eigenvalue weighted by atomic mass is 32.1. The number of hydrogen-bond donors (Lipinski definition) is 2. The first-order valence-corrected chi connectivity index (χ1v) is 12.2. The van der Waals surface area contributed by atoms with Crippen molar-refractivity contribution in [3.63, 3.8) is 0 Å². The number of primary amides is 1. The molecule has 1 aromatic heterocycles. The van der Waals surface area contributed by atoms with E-state index in [-0.39, 0.29) is 36.1 Å². The van der Waals surface area contributed by atoms with Crippen molar-refractivity contribution >= 4 is 28.3 Å². The Kier molecular flexibility index (Phi) is 5.36. The zero-order valence-corrected chi connectivity index (χ0v) is 20.0. The third-order valence-corrected chi connectivity index (χ3v) is 7.86. The van der Waals surface area contributed by atoms with Crippen LogP contribution in [0.3, 0.4) is 0 Å². The third kappa shape index (κ3) is 3.97. The van der Waals surface area contributed by atoms with Crippen LogP contribution in [0.4, 0.5) is 5.13 Å². The first-order valence-electron chi connectivity index (χ1n) is 11.4. The fraction of sp³-hybridized carbons (Fsp3) is 0.542.